The van der Waals surface area contributed by atoms with Gasteiger partial charge in [-0.25, -0.2) is 4.79 Å². The normalized spacial score (nSPS) is 10.5. The fourth-order valence-electron chi connectivity index (χ4n) is 1.86. The number of hydrogen-bond acceptors (Lipinski definition) is 3. The lowest BCUT2D eigenvalue weighted by Gasteiger charge is -2.09. The molecular formula is C15H16O4. The van der Waals surface area contributed by atoms with Crippen molar-refractivity contribution in [1.29, 1.82) is 0 Å². The summed E-state index contributed by atoms with van der Waals surface area (Å²) in [6.07, 6.45) is 0. The van der Waals surface area contributed by atoms with Gasteiger partial charge in [-0.05, 0) is 44.0 Å². The van der Waals surface area contributed by atoms with Crippen LogP contribution in [0, 0.1) is 20.8 Å². The van der Waals surface area contributed by atoms with Crippen LogP contribution in [0.5, 0.6) is 5.75 Å². The molecule has 1 N–H and O–H groups in total. The molecule has 0 spiro atoms. The number of furan rings is 1. The van der Waals surface area contributed by atoms with E-state index >= 15 is 0 Å². The highest BCUT2D eigenvalue weighted by Gasteiger charge is 2.14. The van der Waals surface area contributed by atoms with Crippen LogP contribution in [0.3, 0.4) is 0 Å². The minimum atomic E-state index is -0.987. The molecule has 1 heterocycles. The van der Waals surface area contributed by atoms with E-state index in [1.165, 1.54) is 6.07 Å². The Hall–Kier alpha value is -2.23. The molecule has 0 fully saturated rings. The van der Waals surface area contributed by atoms with Gasteiger partial charge in [0, 0.05) is 0 Å². The molecule has 1 aromatic carbocycles. The van der Waals surface area contributed by atoms with E-state index in [1.807, 2.05) is 32.0 Å². The second-order valence-electron chi connectivity index (χ2n) is 4.47. The van der Waals surface area contributed by atoms with Crippen molar-refractivity contribution in [1.82, 2.24) is 0 Å². The summed E-state index contributed by atoms with van der Waals surface area (Å²) in [6.45, 7) is 5.85. The number of carbonyl (C=O) groups is 1. The van der Waals surface area contributed by atoms with Crippen LogP contribution in [0.1, 0.15) is 33.0 Å². The van der Waals surface area contributed by atoms with Crippen LogP contribution in [0.25, 0.3) is 0 Å². The average Bonchev–Trinajstić information content (AvgIpc) is 2.73. The molecule has 0 atom stereocenters. The van der Waals surface area contributed by atoms with Gasteiger partial charge in [0.05, 0.1) is 0 Å². The Labute approximate surface area is 111 Å². The lowest BCUT2D eigenvalue weighted by atomic mass is 10.1. The first-order valence-electron chi connectivity index (χ1n) is 6.00. The highest BCUT2D eigenvalue weighted by Crippen LogP contribution is 2.23. The molecule has 2 rings (SSSR count). The van der Waals surface area contributed by atoms with E-state index in [9.17, 15) is 4.79 Å². The number of benzene rings is 1. The standard InChI is InChI=1S/C15H16O4/c1-9-5-4-6-14(10(9)2)18-8-12-7-13(15(16)17)11(3)19-12/h4-7H,8H2,1-3H3,(H,16,17). The van der Waals surface area contributed by atoms with Gasteiger partial charge in [0.25, 0.3) is 0 Å². The average molecular weight is 260 g/mol. The molecule has 2 aromatic rings. The zero-order valence-electron chi connectivity index (χ0n) is 11.2. The molecule has 100 valence electrons. The number of hydrogen-bond donors (Lipinski definition) is 1. The maximum absolute atomic E-state index is 10.9. The molecule has 0 aliphatic carbocycles. The van der Waals surface area contributed by atoms with Crippen molar-refractivity contribution in [2.75, 3.05) is 0 Å². The Morgan fingerprint density at radius 1 is 1.32 bits per heavy atom. The van der Waals surface area contributed by atoms with Gasteiger partial charge >= 0.3 is 5.97 Å². The minimum absolute atomic E-state index is 0.180. The maximum atomic E-state index is 10.9. The zero-order valence-corrected chi connectivity index (χ0v) is 11.2. The summed E-state index contributed by atoms with van der Waals surface area (Å²) >= 11 is 0. The number of rotatable bonds is 4. The van der Waals surface area contributed by atoms with Crippen molar-refractivity contribution in [3.05, 3.63) is 52.5 Å². The molecule has 0 radical (unpaired) electrons. The van der Waals surface area contributed by atoms with Crippen molar-refractivity contribution in [3.63, 3.8) is 0 Å². The quantitative estimate of drug-likeness (QED) is 0.914. The fraction of sp³-hybridized carbons (Fsp3) is 0.267. The molecule has 19 heavy (non-hydrogen) atoms. The Kier molecular flexibility index (Phi) is 3.60. The van der Waals surface area contributed by atoms with Gasteiger partial charge in [0.1, 0.15) is 29.4 Å². The fourth-order valence-corrected chi connectivity index (χ4v) is 1.86. The van der Waals surface area contributed by atoms with E-state index < -0.39 is 5.97 Å². The van der Waals surface area contributed by atoms with Crippen LogP contribution < -0.4 is 4.74 Å². The van der Waals surface area contributed by atoms with Gasteiger partial charge in [0.2, 0.25) is 0 Å². The third-order valence-corrected chi connectivity index (χ3v) is 3.12. The van der Waals surface area contributed by atoms with Crippen molar-refractivity contribution in [2.24, 2.45) is 0 Å². The highest BCUT2D eigenvalue weighted by atomic mass is 16.5. The third-order valence-electron chi connectivity index (χ3n) is 3.12. The lowest BCUT2D eigenvalue weighted by molar-refractivity contribution is 0.0695. The molecule has 0 saturated heterocycles. The molecule has 4 heteroatoms. The van der Waals surface area contributed by atoms with Gasteiger partial charge in [-0.1, -0.05) is 12.1 Å². The van der Waals surface area contributed by atoms with E-state index in [1.54, 1.807) is 6.92 Å². The summed E-state index contributed by atoms with van der Waals surface area (Å²) in [7, 11) is 0. The topological polar surface area (TPSA) is 59.7 Å². The maximum Gasteiger partial charge on any atom is 0.339 e. The van der Waals surface area contributed by atoms with Crippen LogP contribution >= 0.6 is 0 Å². The van der Waals surface area contributed by atoms with E-state index in [4.69, 9.17) is 14.3 Å². The Morgan fingerprint density at radius 3 is 2.68 bits per heavy atom. The Morgan fingerprint density at radius 2 is 2.05 bits per heavy atom. The summed E-state index contributed by atoms with van der Waals surface area (Å²) in [5.74, 6) is 0.702. The number of carboxylic acid groups (broad SMARTS) is 1. The third kappa shape index (κ3) is 2.78. The van der Waals surface area contributed by atoms with Crippen LogP contribution in [0.15, 0.2) is 28.7 Å². The van der Waals surface area contributed by atoms with Crippen LogP contribution in [-0.4, -0.2) is 11.1 Å². The highest BCUT2D eigenvalue weighted by molar-refractivity contribution is 5.88. The Bertz CT molecular complexity index is 611. The second-order valence-corrected chi connectivity index (χ2v) is 4.47. The summed E-state index contributed by atoms with van der Waals surface area (Å²) in [5.41, 5.74) is 2.41. The number of carboxylic acids is 1. The molecule has 0 saturated carbocycles. The van der Waals surface area contributed by atoms with E-state index in [0.717, 1.165) is 16.9 Å². The number of aromatic carboxylic acids is 1. The molecule has 4 nitrogen and oxygen atoms in total. The zero-order chi connectivity index (χ0) is 14.0. The Balaban J connectivity index is 2.13. The van der Waals surface area contributed by atoms with Gasteiger partial charge < -0.3 is 14.3 Å². The first-order valence-corrected chi connectivity index (χ1v) is 6.00. The molecular weight excluding hydrogens is 244 g/mol. The van der Waals surface area contributed by atoms with Gasteiger partial charge in [-0.2, -0.15) is 0 Å². The molecule has 0 amide bonds. The van der Waals surface area contributed by atoms with Gasteiger partial charge in [0.15, 0.2) is 0 Å². The van der Waals surface area contributed by atoms with E-state index in [2.05, 4.69) is 0 Å². The van der Waals surface area contributed by atoms with E-state index in [0.29, 0.717) is 11.5 Å². The first kappa shape index (κ1) is 13.2. The van der Waals surface area contributed by atoms with E-state index in [-0.39, 0.29) is 12.2 Å². The number of aryl methyl sites for hydroxylation is 2. The van der Waals surface area contributed by atoms with Crippen LogP contribution in [-0.2, 0) is 6.61 Å². The predicted octanol–water partition coefficient (Wildman–Crippen LogP) is 3.48. The monoisotopic (exact) mass is 260 g/mol. The van der Waals surface area contributed by atoms with Crippen molar-refractivity contribution >= 4 is 5.97 Å². The smallest absolute Gasteiger partial charge is 0.339 e. The summed E-state index contributed by atoms with van der Waals surface area (Å²) in [6, 6.07) is 7.33. The van der Waals surface area contributed by atoms with Crippen molar-refractivity contribution < 1.29 is 19.1 Å². The number of ether oxygens (including phenoxy) is 1. The summed E-state index contributed by atoms with van der Waals surface area (Å²) < 4.78 is 11.0. The molecule has 0 unspecified atom stereocenters. The van der Waals surface area contributed by atoms with Crippen LogP contribution in [0.4, 0.5) is 0 Å². The molecule has 0 bridgehead atoms. The predicted molar refractivity (Wildman–Crippen MR) is 70.7 cm³/mol. The van der Waals surface area contributed by atoms with Crippen LogP contribution in [0.2, 0.25) is 0 Å². The minimum Gasteiger partial charge on any atom is -0.485 e. The summed E-state index contributed by atoms with van der Waals surface area (Å²) in [5, 5.41) is 8.94. The van der Waals surface area contributed by atoms with Gasteiger partial charge in [-0.15, -0.1) is 0 Å². The molecule has 1 aromatic heterocycles. The lowest BCUT2D eigenvalue weighted by Crippen LogP contribution is -1.97. The summed E-state index contributed by atoms with van der Waals surface area (Å²) in [4.78, 5) is 10.9. The largest absolute Gasteiger partial charge is 0.485 e. The van der Waals surface area contributed by atoms with Crippen molar-refractivity contribution in [2.45, 2.75) is 27.4 Å². The molecule has 0 aliphatic rings. The molecule has 0 aliphatic heterocycles. The second kappa shape index (κ2) is 5.18. The van der Waals surface area contributed by atoms with Crippen molar-refractivity contribution in [3.8, 4) is 5.75 Å². The van der Waals surface area contributed by atoms with Gasteiger partial charge in [-0.3, -0.25) is 0 Å². The first-order chi connectivity index (χ1) is 8.99. The SMILES string of the molecule is Cc1cccc(OCc2cc(C(=O)O)c(C)o2)c1C.